The normalized spacial score (nSPS) is 24.6. The first kappa shape index (κ1) is 11.1. The lowest BCUT2D eigenvalue weighted by Gasteiger charge is -2.17. The summed E-state index contributed by atoms with van der Waals surface area (Å²) in [6.07, 6.45) is 3.65. The summed E-state index contributed by atoms with van der Waals surface area (Å²) >= 11 is 0. The van der Waals surface area contributed by atoms with E-state index in [1.807, 2.05) is 12.5 Å². The average molecular weight is 223 g/mol. The van der Waals surface area contributed by atoms with Crippen molar-refractivity contribution in [3.63, 3.8) is 0 Å². The Labute approximate surface area is 94.8 Å². The summed E-state index contributed by atoms with van der Waals surface area (Å²) in [4.78, 5) is 15.8. The lowest BCUT2D eigenvalue weighted by Crippen LogP contribution is -2.24. The molecule has 0 aromatic carbocycles. The second-order valence-electron chi connectivity index (χ2n) is 4.00. The zero-order chi connectivity index (χ0) is 11.5. The summed E-state index contributed by atoms with van der Waals surface area (Å²) < 4.78 is 6.90. The highest BCUT2D eigenvalue weighted by atomic mass is 16.5. The van der Waals surface area contributed by atoms with Crippen LogP contribution in [0.15, 0.2) is 12.5 Å². The highest BCUT2D eigenvalue weighted by Gasteiger charge is 2.36. The minimum atomic E-state index is -0.140. The van der Waals surface area contributed by atoms with Crippen molar-refractivity contribution in [2.45, 2.75) is 19.4 Å². The van der Waals surface area contributed by atoms with Gasteiger partial charge in [-0.1, -0.05) is 0 Å². The molecule has 1 aliphatic heterocycles. The van der Waals surface area contributed by atoms with Crippen LogP contribution in [-0.2, 0) is 16.1 Å². The van der Waals surface area contributed by atoms with Crippen LogP contribution in [0.2, 0.25) is 0 Å². The van der Waals surface area contributed by atoms with Crippen LogP contribution in [0.4, 0.5) is 0 Å². The number of esters is 1. The van der Waals surface area contributed by atoms with Gasteiger partial charge in [0.15, 0.2) is 0 Å². The zero-order valence-corrected chi connectivity index (χ0v) is 9.64. The lowest BCUT2D eigenvalue weighted by molar-refractivity contribution is -0.145. The van der Waals surface area contributed by atoms with Crippen molar-refractivity contribution >= 4 is 5.97 Å². The van der Waals surface area contributed by atoms with Gasteiger partial charge in [-0.3, -0.25) is 4.79 Å². The second-order valence-corrected chi connectivity index (χ2v) is 4.00. The standard InChI is InChI=1S/C11H17N3O2/c1-3-14-7-13-6-10(14)8-4-12-5-9(8)11(15)16-2/h6-9,12H,3-5H2,1-2H3. The Morgan fingerprint density at radius 2 is 2.50 bits per heavy atom. The molecule has 0 radical (unpaired) electrons. The predicted molar refractivity (Wildman–Crippen MR) is 59.0 cm³/mol. The third kappa shape index (κ3) is 1.82. The lowest BCUT2D eigenvalue weighted by atomic mass is 9.93. The molecule has 0 aliphatic carbocycles. The Morgan fingerprint density at radius 1 is 1.69 bits per heavy atom. The molecule has 5 nitrogen and oxygen atoms in total. The van der Waals surface area contributed by atoms with Gasteiger partial charge in [0, 0.05) is 37.4 Å². The van der Waals surface area contributed by atoms with E-state index < -0.39 is 0 Å². The molecule has 1 aromatic heterocycles. The molecule has 1 aromatic rings. The molecule has 5 heteroatoms. The van der Waals surface area contributed by atoms with Gasteiger partial charge >= 0.3 is 5.97 Å². The fourth-order valence-electron chi connectivity index (χ4n) is 2.29. The molecule has 1 aliphatic rings. The van der Waals surface area contributed by atoms with E-state index in [2.05, 4.69) is 21.8 Å². The molecule has 2 atom stereocenters. The van der Waals surface area contributed by atoms with Crippen LogP contribution in [-0.4, -0.2) is 35.7 Å². The molecule has 16 heavy (non-hydrogen) atoms. The first-order valence-corrected chi connectivity index (χ1v) is 5.56. The van der Waals surface area contributed by atoms with E-state index in [1.54, 1.807) is 0 Å². The number of ether oxygens (including phenoxy) is 1. The summed E-state index contributed by atoms with van der Waals surface area (Å²) in [6, 6.07) is 0. The average Bonchev–Trinajstić information content (AvgIpc) is 2.94. The molecule has 0 saturated carbocycles. The molecule has 2 rings (SSSR count). The Balaban J connectivity index is 2.23. The molecule has 1 saturated heterocycles. The number of aryl methyl sites for hydroxylation is 1. The number of aromatic nitrogens is 2. The summed E-state index contributed by atoms with van der Waals surface area (Å²) in [5, 5.41) is 3.24. The number of rotatable bonds is 3. The SMILES string of the molecule is CCn1cncc1C1CNCC1C(=O)OC. The van der Waals surface area contributed by atoms with Crippen LogP contribution in [0.25, 0.3) is 0 Å². The number of hydrogen-bond donors (Lipinski definition) is 1. The highest BCUT2D eigenvalue weighted by molar-refractivity contribution is 5.74. The third-order valence-electron chi connectivity index (χ3n) is 3.18. The van der Waals surface area contributed by atoms with E-state index >= 15 is 0 Å². The molecule has 2 heterocycles. The predicted octanol–water partition coefficient (Wildman–Crippen LogP) is 0.379. The molecule has 2 unspecified atom stereocenters. The van der Waals surface area contributed by atoms with Crippen molar-refractivity contribution in [2.24, 2.45) is 5.92 Å². The monoisotopic (exact) mass is 223 g/mol. The van der Waals surface area contributed by atoms with E-state index in [4.69, 9.17) is 4.74 Å². The maximum absolute atomic E-state index is 11.6. The van der Waals surface area contributed by atoms with E-state index in [9.17, 15) is 4.79 Å². The molecular weight excluding hydrogens is 206 g/mol. The first-order chi connectivity index (χ1) is 7.77. The first-order valence-electron chi connectivity index (χ1n) is 5.56. The van der Waals surface area contributed by atoms with Gasteiger partial charge in [-0.15, -0.1) is 0 Å². The van der Waals surface area contributed by atoms with Crippen molar-refractivity contribution in [2.75, 3.05) is 20.2 Å². The zero-order valence-electron chi connectivity index (χ0n) is 9.64. The van der Waals surface area contributed by atoms with E-state index in [0.717, 1.165) is 18.8 Å². The van der Waals surface area contributed by atoms with Gasteiger partial charge in [-0.05, 0) is 6.92 Å². The van der Waals surface area contributed by atoms with Crippen molar-refractivity contribution in [3.05, 3.63) is 18.2 Å². The van der Waals surface area contributed by atoms with Crippen LogP contribution in [0, 0.1) is 5.92 Å². The van der Waals surface area contributed by atoms with Gasteiger partial charge in [0.2, 0.25) is 0 Å². The van der Waals surface area contributed by atoms with Crippen molar-refractivity contribution in [3.8, 4) is 0 Å². The molecule has 88 valence electrons. The summed E-state index contributed by atoms with van der Waals surface area (Å²) in [5.74, 6) is -0.0549. The molecule has 1 fully saturated rings. The quantitative estimate of drug-likeness (QED) is 0.753. The second kappa shape index (κ2) is 4.65. The number of methoxy groups -OCH3 is 1. The van der Waals surface area contributed by atoms with E-state index in [1.165, 1.54) is 7.11 Å². The molecular formula is C11H17N3O2. The fraction of sp³-hybridized carbons (Fsp3) is 0.636. The number of carbonyl (C=O) groups excluding carboxylic acids is 1. The fourth-order valence-corrected chi connectivity index (χ4v) is 2.29. The summed E-state index contributed by atoms with van der Waals surface area (Å²) in [6.45, 7) is 4.44. The van der Waals surface area contributed by atoms with Gasteiger partial charge < -0.3 is 14.6 Å². The Bertz CT molecular complexity index is 375. The Hall–Kier alpha value is -1.36. The number of nitrogens with zero attached hydrogens (tertiary/aromatic N) is 2. The van der Waals surface area contributed by atoms with Crippen LogP contribution in [0.3, 0.4) is 0 Å². The smallest absolute Gasteiger partial charge is 0.310 e. The maximum Gasteiger partial charge on any atom is 0.310 e. The largest absolute Gasteiger partial charge is 0.469 e. The number of hydrogen-bond acceptors (Lipinski definition) is 4. The number of nitrogens with one attached hydrogen (secondary N) is 1. The van der Waals surface area contributed by atoms with Gasteiger partial charge in [0.1, 0.15) is 0 Å². The van der Waals surface area contributed by atoms with Crippen LogP contribution in [0.1, 0.15) is 18.5 Å². The topological polar surface area (TPSA) is 56.2 Å². The molecule has 0 amide bonds. The molecule has 1 N–H and O–H groups in total. The van der Waals surface area contributed by atoms with Crippen LogP contribution >= 0.6 is 0 Å². The van der Waals surface area contributed by atoms with Crippen molar-refractivity contribution in [1.29, 1.82) is 0 Å². The Kier molecular flexibility index (Phi) is 3.24. The molecule has 0 spiro atoms. The third-order valence-corrected chi connectivity index (χ3v) is 3.18. The highest BCUT2D eigenvalue weighted by Crippen LogP contribution is 2.28. The minimum Gasteiger partial charge on any atom is -0.469 e. The number of carbonyl (C=O) groups is 1. The van der Waals surface area contributed by atoms with Gasteiger partial charge in [-0.2, -0.15) is 0 Å². The van der Waals surface area contributed by atoms with Gasteiger partial charge in [0.25, 0.3) is 0 Å². The van der Waals surface area contributed by atoms with Gasteiger partial charge in [0.05, 0.1) is 19.4 Å². The van der Waals surface area contributed by atoms with E-state index in [0.29, 0.717) is 6.54 Å². The summed E-state index contributed by atoms with van der Waals surface area (Å²) in [5.41, 5.74) is 1.11. The van der Waals surface area contributed by atoms with Gasteiger partial charge in [-0.25, -0.2) is 4.98 Å². The molecule has 0 bridgehead atoms. The number of imidazole rings is 1. The minimum absolute atomic E-state index is 0.0907. The maximum atomic E-state index is 11.6. The van der Waals surface area contributed by atoms with Crippen molar-refractivity contribution in [1.82, 2.24) is 14.9 Å². The summed E-state index contributed by atoms with van der Waals surface area (Å²) in [7, 11) is 1.44. The van der Waals surface area contributed by atoms with Crippen LogP contribution in [0.5, 0.6) is 0 Å². The Morgan fingerprint density at radius 3 is 3.19 bits per heavy atom. The van der Waals surface area contributed by atoms with Crippen molar-refractivity contribution < 1.29 is 9.53 Å². The van der Waals surface area contributed by atoms with Crippen LogP contribution < -0.4 is 5.32 Å². The van der Waals surface area contributed by atoms with E-state index in [-0.39, 0.29) is 17.8 Å².